The predicted octanol–water partition coefficient (Wildman–Crippen LogP) is 5.25. The van der Waals surface area contributed by atoms with E-state index in [0.717, 1.165) is 5.56 Å². The van der Waals surface area contributed by atoms with Gasteiger partial charge in [0.1, 0.15) is 5.82 Å². The third kappa shape index (κ3) is 4.95. The molecule has 0 unspecified atom stereocenters. The minimum absolute atomic E-state index is 0.237. The van der Waals surface area contributed by atoms with Crippen molar-refractivity contribution in [3.05, 3.63) is 88.0 Å². The fourth-order valence-electron chi connectivity index (χ4n) is 2.20. The molecule has 0 spiro atoms. The number of rotatable bonds is 5. The molecule has 25 heavy (non-hydrogen) atoms. The summed E-state index contributed by atoms with van der Waals surface area (Å²) in [5.74, 6) is 0.452. The van der Waals surface area contributed by atoms with Gasteiger partial charge in [-0.3, -0.25) is 4.79 Å². The highest BCUT2D eigenvalue weighted by molar-refractivity contribution is 6.31. The molecular weight excluding hydrogens is 357 g/mol. The van der Waals surface area contributed by atoms with Crippen LogP contribution in [0, 0.1) is 0 Å². The Morgan fingerprint density at radius 3 is 2.44 bits per heavy atom. The first-order valence-corrected chi connectivity index (χ1v) is 8.37. The summed E-state index contributed by atoms with van der Waals surface area (Å²) in [5.41, 5.74) is 2.20. The van der Waals surface area contributed by atoms with Crippen molar-refractivity contribution in [2.24, 2.45) is 0 Å². The number of hydrogen-bond donors (Lipinski definition) is 2. The molecule has 1 aromatic heterocycles. The van der Waals surface area contributed by atoms with Gasteiger partial charge in [0.05, 0.1) is 5.56 Å². The molecule has 0 atom stereocenters. The van der Waals surface area contributed by atoms with E-state index < -0.39 is 0 Å². The van der Waals surface area contributed by atoms with Crippen molar-refractivity contribution in [2.45, 2.75) is 6.54 Å². The van der Waals surface area contributed by atoms with Crippen LogP contribution in [0.3, 0.4) is 0 Å². The van der Waals surface area contributed by atoms with Crippen LogP contribution in [0.15, 0.2) is 66.9 Å². The lowest BCUT2D eigenvalue weighted by molar-refractivity contribution is 0.102. The van der Waals surface area contributed by atoms with E-state index in [2.05, 4.69) is 15.6 Å². The standard InChI is InChI=1S/C19H15Cl2N3O/c20-15-7-4-13(5-8-15)11-22-18-9-6-14(12-23-18)19(25)24-17-3-1-2-16(21)10-17/h1-10,12H,11H2,(H,22,23)(H,24,25). The van der Waals surface area contributed by atoms with Crippen molar-refractivity contribution in [2.75, 3.05) is 10.6 Å². The largest absolute Gasteiger partial charge is 0.366 e. The van der Waals surface area contributed by atoms with E-state index in [1.54, 1.807) is 36.4 Å². The zero-order valence-corrected chi connectivity index (χ0v) is 14.7. The highest BCUT2D eigenvalue weighted by atomic mass is 35.5. The van der Waals surface area contributed by atoms with Crippen molar-refractivity contribution in [1.82, 2.24) is 4.98 Å². The number of hydrogen-bond acceptors (Lipinski definition) is 3. The number of halogens is 2. The summed E-state index contributed by atoms with van der Waals surface area (Å²) < 4.78 is 0. The summed E-state index contributed by atoms with van der Waals surface area (Å²) in [6.07, 6.45) is 1.53. The van der Waals surface area contributed by atoms with Crippen LogP contribution in [0.2, 0.25) is 10.0 Å². The number of nitrogens with zero attached hydrogens (tertiary/aromatic N) is 1. The number of anilines is 2. The summed E-state index contributed by atoms with van der Waals surface area (Å²) in [4.78, 5) is 16.5. The minimum Gasteiger partial charge on any atom is -0.366 e. The second kappa shape index (κ2) is 8.01. The average molecular weight is 372 g/mol. The van der Waals surface area contributed by atoms with Gasteiger partial charge in [-0.25, -0.2) is 4.98 Å². The SMILES string of the molecule is O=C(Nc1cccc(Cl)c1)c1ccc(NCc2ccc(Cl)cc2)nc1. The Morgan fingerprint density at radius 2 is 1.76 bits per heavy atom. The molecule has 0 aliphatic carbocycles. The Bertz CT molecular complexity index is 865. The molecule has 0 saturated carbocycles. The van der Waals surface area contributed by atoms with Crippen LogP contribution in [0.5, 0.6) is 0 Å². The van der Waals surface area contributed by atoms with Crippen molar-refractivity contribution >= 4 is 40.6 Å². The van der Waals surface area contributed by atoms with E-state index in [-0.39, 0.29) is 5.91 Å². The lowest BCUT2D eigenvalue weighted by Gasteiger charge is -2.08. The molecule has 0 aliphatic rings. The molecule has 3 aromatic rings. The number of amides is 1. The molecule has 6 heteroatoms. The van der Waals surface area contributed by atoms with Gasteiger partial charge in [0.15, 0.2) is 0 Å². The molecule has 0 radical (unpaired) electrons. The molecule has 1 amide bonds. The normalized spacial score (nSPS) is 10.3. The highest BCUT2D eigenvalue weighted by Gasteiger charge is 2.07. The maximum Gasteiger partial charge on any atom is 0.257 e. The fourth-order valence-corrected chi connectivity index (χ4v) is 2.51. The molecule has 0 saturated heterocycles. The summed E-state index contributed by atoms with van der Waals surface area (Å²) >= 11 is 11.8. The van der Waals surface area contributed by atoms with Gasteiger partial charge in [-0.05, 0) is 48.0 Å². The van der Waals surface area contributed by atoms with Gasteiger partial charge < -0.3 is 10.6 Å². The van der Waals surface area contributed by atoms with Crippen molar-refractivity contribution in [1.29, 1.82) is 0 Å². The van der Waals surface area contributed by atoms with Gasteiger partial charge in [-0.15, -0.1) is 0 Å². The molecular formula is C19H15Cl2N3O. The van der Waals surface area contributed by atoms with Crippen LogP contribution >= 0.6 is 23.2 Å². The quantitative estimate of drug-likeness (QED) is 0.643. The van der Waals surface area contributed by atoms with E-state index in [1.165, 1.54) is 6.20 Å². The summed E-state index contributed by atoms with van der Waals surface area (Å²) in [7, 11) is 0. The Kier molecular flexibility index (Phi) is 5.53. The number of nitrogens with one attached hydrogen (secondary N) is 2. The van der Waals surface area contributed by atoms with Gasteiger partial charge in [-0.2, -0.15) is 0 Å². The molecule has 0 fully saturated rings. The van der Waals surface area contributed by atoms with Crippen LogP contribution in [0.25, 0.3) is 0 Å². The predicted molar refractivity (Wildman–Crippen MR) is 102 cm³/mol. The number of aromatic nitrogens is 1. The van der Waals surface area contributed by atoms with Crippen LogP contribution in [-0.4, -0.2) is 10.9 Å². The second-order valence-electron chi connectivity index (χ2n) is 5.38. The number of carbonyl (C=O) groups is 1. The Hall–Kier alpha value is -2.56. The molecule has 2 aromatic carbocycles. The monoisotopic (exact) mass is 371 g/mol. The summed E-state index contributed by atoms with van der Waals surface area (Å²) in [6.45, 7) is 0.623. The van der Waals surface area contributed by atoms with Crippen LogP contribution < -0.4 is 10.6 Å². The third-order valence-electron chi connectivity index (χ3n) is 3.50. The van der Waals surface area contributed by atoms with Crippen molar-refractivity contribution in [3.8, 4) is 0 Å². The van der Waals surface area contributed by atoms with Crippen LogP contribution in [0.4, 0.5) is 11.5 Å². The molecule has 1 heterocycles. The highest BCUT2D eigenvalue weighted by Crippen LogP contribution is 2.16. The molecule has 4 nitrogen and oxygen atoms in total. The molecule has 126 valence electrons. The zero-order chi connectivity index (χ0) is 17.6. The second-order valence-corrected chi connectivity index (χ2v) is 6.25. The molecule has 0 aliphatic heterocycles. The summed E-state index contributed by atoms with van der Waals surface area (Å²) in [6, 6.07) is 18.1. The zero-order valence-electron chi connectivity index (χ0n) is 13.2. The lowest BCUT2D eigenvalue weighted by atomic mass is 10.2. The van der Waals surface area contributed by atoms with E-state index in [9.17, 15) is 4.79 Å². The number of carbonyl (C=O) groups excluding carboxylic acids is 1. The topological polar surface area (TPSA) is 54.0 Å². The van der Waals surface area contributed by atoms with E-state index in [0.29, 0.717) is 33.7 Å². The van der Waals surface area contributed by atoms with E-state index in [1.807, 2.05) is 24.3 Å². The van der Waals surface area contributed by atoms with Crippen molar-refractivity contribution < 1.29 is 4.79 Å². The summed E-state index contributed by atoms with van der Waals surface area (Å²) in [5, 5.41) is 7.26. The van der Waals surface area contributed by atoms with Crippen molar-refractivity contribution in [3.63, 3.8) is 0 Å². The molecule has 2 N–H and O–H groups in total. The smallest absolute Gasteiger partial charge is 0.257 e. The first-order valence-electron chi connectivity index (χ1n) is 7.61. The lowest BCUT2D eigenvalue weighted by Crippen LogP contribution is -2.12. The van der Waals surface area contributed by atoms with Gasteiger partial charge in [0, 0.05) is 28.5 Å². The van der Waals surface area contributed by atoms with Gasteiger partial charge in [-0.1, -0.05) is 41.4 Å². The van der Waals surface area contributed by atoms with Gasteiger partial charge in [0.25, 0.3) is 5.91 Å². The number of pyridine rings is 1. The van der Waals surface area contributed by atoms with E-state index >= 15 is 0 Å². The number of benzene rings is 2. The Labute approximate surface area is 155 Å². The van der Waals surface area contributed by atoms with Crippen LogP contribution in [0.1, 0.15) is 15.9 Å². The van der Waals surface area contributed by atoms with E-state index in [4.69, 9.17) is 23.2 Å². The van der Waals surface area contributed by atoms with Gasteiger partial charge in [0.2, 0.25) is 0 Å². The Balaban J connectivity index is 1.59. The maximum absolute atomic E-state index is 12.2. The van der Waals surface area contributed by atoms with Gasteiger partial charge >= 0.3 is 0 Å². The fraction of sp³-hybridized carbons (Fsp3) is 0.0526. The third-order valence-corrected chi connectivity index (χ3v) is 3.98. The first-order chi connectivity index (χ1) is 12.1. The average Bonchev–Trinajstić information content (AvgIpc) is 2.62. The Morgan fingerprint density at radius 1 is 0.960 bits per heavy atom. The first kappa shape index (κ1) is 17.3. The molecule has 0 bridgehead atoms. The minimum atomic E-state index is -0.237. The maximum atomic E-state index is 12.2. The van der Waals surface area contributed by atoms with Crippen LogP contribution in [-0.2, 0) is 6.54 Å². The molecule has 3 rings (SSSR count).